The zero-order valence-electron chi connectivity index (χ0n) is 8.03. The van der Waals surface area contributed by atoms with Crippen LogP contribution in [-0.4, -0.2) is 23.2 Å². The number of aromatic nitrogens is 2. The molecular formula is C10H11N3O. The molecule has 0 bridgehead atoms. The molecule has 0 aromatic carbocycles. The topological polar surface area (TPSA) is 58.8 Å². The first-order chi connectivity index (χ1) is 6.74. The van der Waals surface area contributed by atoms with Crippen LogP contribution in [0.15, 0.2) is 12.3 Å². The van der Waals surface area contributed by atoms with Crippen LogP contribution in [-0.2, 0) is 10.2 Å². The zero-order chi connectivity index (χ0) is 10.0. The number of ether oxygens (including phenoxy) is 1. The number of rotatable bonds is 1. The quantitative estimate of drug-likeness (QED) is 0.662. The lowest BCUT2D eigenvalue weighted by atomic mass is 9.89. The molecule has 2 rings (SSSR count). The Kier molecular flexibility index (Phi) is 2.18. The Bertz CT molecular complexity index is 377. The van der Waals surface area contributed by atoms with Gasteiger partial charge in [0, 0.05) is 12.8 Å². The average Bonchev–Trinajstić information content (AvgIpc) is 2.67. The third-order valence-electron chi connectivity index (χ3n) is 2.53. The van der Waals surface area contributed by atoms with E-state index in [1.165, 1.54) is 0 Å². The van der Waals surface area contributed by atoms with Crippen molar-refractivity contribution in [3.8, 4) is 6.07 Å². The maximum Gasteiger partial charge on any atom is 0.144 e. The maximum absolute atomic E-state index is 8.72. The Morgan fingerprint density at radius 3 is 3.14 bits per heavy atom. The van der Waals surface area contributed by atoms with Crippen molar-refractivity contribution in [2.45, 2.75) is 18.8 Å². The summed E-state index contributed by atoms with van der Waals surface area (Å²) in [4.78, 5) is 8.39. The molecule has 1 aromatic rings. The first-order valence-electron chi connectivity index (χ1n) is 4.56. The van der Waals surface area contributed by atoms with E-state index in [1.54, 1.807) is 12.3 Å². The smallest absolute Gasteiger partial charge is 0.144 e. The van der Waals surface area contributed by atoms with Gasteiger partial charge >= 0.3 is 0 Å². The van der Waals surface area contributed by atoms with Gasteiger partial charge in [0.05, 0.1) is 12.0 Å². The van der Waals surface area contributed by atoms with Gasteiger partial charge in [0.15, 0.2) is 0 Å². The molecule has 1 saturated heterocycles. The fourth-order valence-electron chi connectivity index (χ4n) is 1.56. The Labute approximate surface area is 82.6 Å². The summed E-state index contributed by atoms with van der Waals surface area (Å²) in [6.07, 6.45) is 2.55. The second kappa shape index (κ2) is 3.35. The zero-order valence-corrected chi connectivity index (χ0v) is 8.03. The van der Waals surface area contributed by atoms with Gasteiger partial charge in [-0.3, -0.25) is 0 Å². The SMILES string of the molecule is CC1(c2nccc(C#N)n2)CCOC1. The monoisotopic (exact) mass is 189 g/mol. The summed E-state index contributed by atoms with van der Waals surface area (Å²) in [5.41, 5.74) is 0.301. The van der Waals surface area contributed by atoms with E-state index < -0.39 is 0 Å². The van der Waals surface area contributed by atoms with Crippen LogP contribution in [0.4, 0.5) is 0 Å². The lowest BCUT2D eigenvalue weighted by molar-refractivity contribution is 0.179. The Morgan fingerprint density at radius 2 is 2.50 bits per heavy atom. The first-order valence-corrected chi connectivity index (χ1v) is 4.56. The van der Waals surface area contributed by atoms with Crippen LogP contribution in [0.1, 0.15) is 24.9 Å². The van der Waals surface area contributed by atoms with Gasteiger partial charge in [0.1, 0.15) is 17.6 Å². The van der Waals surface area contributed by atoms with Gasteiger partial charge in [-0.1, -0.05) is 6.92 Å². The molecule has 1 aromatic heterocycles. The number of hydrogen-bond acceptors (Lipinski definition) is 4. The van der Waals surface area contributed by atoms with Crippen LogP contribution in [0.25, 0.3) is 0 Å². The van der Waals surface area contributed by atoms with Crippen LogP contribution in [0, 0.1) is 11.3 Å². The summed E-state index contributed by atoms with van der Waals surface area (Å²) < 4.78 is 5.33. The molecule has 14 heavy (non-hydrogen) atoms. The van der Waals surface area contributed by atoms with Gasteiger partial charge in [-0.25, -0.2) is 9.97 Å². The molecule has 1 atom stereocenters. The highest BCUT2D eigenvalue weighted by Gasteiger charge is 2.34. The van der Waals surface area contributed by atoms with Gasteiger partial charge in [-0.05, 0) is 12.5 Å². The highest BCUT2D eigenvalue weighted by molar-refractivity contribution is 5.21. The van der Waals surface area contributed by atoms with Crippen LogP contribution >= 0.6 is 0 Å². The predicted octanol–water partition coefficient (Wildman–Crippen LogP) is 1.03. The van der Waals surface area contributed by atoms with Gasteiger partial charge in [-0.2, -0.15) is 5.26 Å². The molecule has 1 aliphatic heterocycles. The molecule has 4 heteroatoms. The summed E-state index contributed by atoms with van der Waals surface area (Å²) >= 11 is 0. The summed E-state index contributed by atoms with van der Waals surface area (Å²) in [7, 11) is 0. The van der Waals surface area contributed by atoms with E-state index in [2.05, 4.69) is 16.9 Å². The Hall–Kier alpha value is -1.47. The molecule has 4 nitrogen and oxygen atoms in total. The molecular weight excluding hydrogens is 178 g/mol. The Balaban J connectivity index is 2.36. The molecule has 1 aliphatic rings. The van der Waals surface area contributed by atoms with Gasteiger partial charge in [0.2, 0.25) is 0 Å². The second-order valence-corrected chi connectivity index (χ2v) is 3.74. The van der Waals surface area contributed by atoms with Crippen molar-refractivity contribution in [3.05, 3.63) is 23.8 Å². The summed E-state index contributed by atoms with van der Waals surface area (Å²) in [6, 6.07) is 3.63. The van der Waals surface area contributed by atoms with Crippen molar-refractivity contribution in [1.82, 2.24) is 9.97 Å². The van der Waals surface area contributed by atoms with Crippen molar-refractivity contribution < 1.29 is 4.74 Å². The van der Waals surface area contributed by atoms with E-state index in [0.29, 0.717) is 18.1 Å². The normalized spacial score (nSPS) is 26.0. The average molecular weight is 189 g/mol. The van der Waals surface area contributed by atoms with Crippen LogP contribution < -0.4 is 0 Å². The standard InChI is InChI=1S/C10H11N3O/c1-10(3-5-14-7-10)9-12-4-2-8(6-11)13-9/h2,4H,3,5,7H2,1H3. The molecule has 0 spiro atoms. The molecule has 0 radical (unpaired) electrons. The van der Waals surface area contributed by atoms with Crippen molar-refractivity contribution >= 4 is 0 Å². The number of nitriles is 1. The summed E-state index contributed by atoms with van der Waals surface area (Å²) in [6.45, 7) is 3.45. The van der Waals surface area contributed by atoms with Gasteiger partial charge < -0.3 is 4.74 Å². The third kappa shape index (κ3) is 1.47. The highest BCUT2D eigenvalue weighted by Crippen LogP contribution is 2.29. The fraction of sp³-hybridized carbons (Fsp3) is 0.500. The molecule has 0 amide bonds. The van der Waals surface area contributed by atoms with E-state index in [-0.39, 0.29) is 5.41 Å². The van der Waals surface area contributed by atoms with Crippen LogP contribution in [0.2, 0.25) is 0 Å². The second-order valence-electron chi connectivity index (χ2n) is 3.74. The van der Waals surface area contributed by atoms with Crippen molar-refractivity contribution in [3.63, 3.8) is 0 Å². The minimum atomic E-state index is -0.118. The molecule has 2 heterocycles. The Morgan fingerprint density at radius 1 is 1.64 bits per heavy atom. The lowest BCUT2D eigenvalue weighted by Gasteiger charge is -2.18. The lowest BCUT2D eigenvalue weighted by Crippen LogP contribution is -2.25. The number of hydrogen-bond donors (Lipinski definition) is 0. The maximum atomic E-state index is 8.72. The van der Waals surface area contributed by atoms with E-state index in [1.807, 2.05) is 6.07 Å². The molecule has 1 unspecified atom stereocenters. The first kappa shape index (κ1) is 9.10. The van der Waals surface area contributed by atoms with E-state index in [4.69, 9.17) is 10.00 Å². The molecule has 0 saturated carbocycles. The minimum absolute atomic E-state index is 0.118. The van der Waals surface area contributed by atoms with Gasteiger partial charge in [-0.15, -0.1) is 0 Å². The van der Waals surface area contributed by atoms with E-state index in [0.717, 1.165) is 13.0 Å². The largest absolute Gasteiger partial charge is 0.380 e. The molecule has 0 N–H and O–H groups in total. The van der Waals surface area contributed by atoms with E-state index in [9.17, 15) is 0 Å². The molecule has 1 fully saturated rings. The molecule has 72 valence electrons. The highest BCUT2D eigenvalue weighted by atomic mass is 16.5. The summed E-state index contributed by atoms with van der Waals surface area (Å²) in [5, 5.41) is 8.72. The van der Waals surface area contributed by atoms with Gasteiger partial charge in [0.25, 0.3) is 0 Å². The predicted molar refractivity (Wildman–Crippen MR) is 49.5 cm³/mol. The summed E-state index contributed by atoms with van der Waals surface area (Å²) in [5.74, 6) is 0.717. The van der Waals surface area contributed by atoms with Crippen LogP contribution in [0.3, 0.4) is 0 Å². The van der Waals surface area contributed by atoms with Crippen molar-refractivity contribution in [2.24, 2.45) is 0 Å². The van der Waals surface area contributed by atoms with Crippen molar-refractivity contribution in [2.75, 3.05) is 13.2 Å². The third-order valence-corrected chi connectivity index (χ3v) is 2.53. The minimum Gasteiger partial charge on any atom is -0.380 e. The van der Waals surface area contributed by atoms with Crippen LogP contribution in [0.5, 0.6) is 0 Å². The van der Waals surface area contributed by atoms with E-state index >= 15 is 0 Å². The number of nitrogens with zero attached hydrogens (tertiary/aromatic N) is 3. The van der Waals surface area contributed by atoms with Crippen molar-refractivity contribution in [1.29, 1.82) is 5.26 Å². The molecule has 0 aliphatic carbocycles. The fourth-order valence-corrected chi connectivity index (χ4v) is 1.56.